The Bertz CT molecular complexity index is 420. The van der Waals surface area contributed by atoms with E-state index in [9.17, 15) is 4.79 Å². The van der Waals surface area contributed by atoms with Gasteiger partial charge < -0.3 is 0 Å². The van der Waals surface area contributed by atoms with Gasteiger partial charge in [-0.1, -0.05) is 53.4 Å². The summed E-state index contributed by atoms with van der Waals surface area (Å²) in [7, 11) is 0. The highest BCUT2D eigenvalue weighted by atomic mass is 79.9. The van der Waals surface area contributed by atoms with E-state index in [1.165, 1.54) is 19.3 Å². The zero-order valence-electron chi connectivity index (χ0n) is 9.73. The molecule has 0 heterocycles. The van der Waals surface area contributed by atoms with Crippen LogP contribution in [0.15, 0.2) is 33.7 Å². The van der Waals surface area contributed by atoms with Gasteiger partial charge in [0.1, 0.15) is 0 Å². The number of carbonyl (C=O) groups excluding carboxylic acids is 1. The van der Waals surface area contributed by atoms with Crippen LogP contribution in [0, 0.1) is 5.92 Å². The summed E-state index contributed by atoms with van der Waals surface area (Å²) in [4.78, 5) is 14.7. The smallest absolute Gasteiger partial charge is 0.211 e. The second-order valence-corrected chi connectivity index (χ2v) is 5.44. The molecular weight excluding hydrogens is 278 g/mol. The Hall–Kier alpha value is -0.920. The Morgan fingerprint density at radius 3 is 2.59 bits per heavy atom. The quantitative estimate of drug-likeness (QED) is 0.600. The average Bonchev–Trinajstić information content (AvgIpc) is 2.38. The number of aliphatic imine (C=N–C) groups is 1. The topological polar surface area (TPSA) is 29.4 Å². The molecular formula is C14H16BrNO. The molecule has 1 aliphatic carbocycles. The number of nitrogens with zero attached hydrogens (tertiary/aromatic N) is 1. The van der Waals surface area contributed by atoms with Gasteiger partial charge in [0.05, 0.1) is 6.04 Å². The van der Waals surface area contributed by atoms with Gasteiger partial charge >= 0.3 is 0 Å². The normalized spacial score (nSPS) is 18.4. The zero-order chi connectivity index (χ0) is 12.1. The van der Waals surface area contributed by atoms with Crippen molar-refractivity contribution >= 4 is 22.0 Å². The molecule has 2 rings (SSSR count). The van der Waals surface area contributed by atoms with Gasteiger partial charge in [-0.3, -0.25) is 0 Å². The van der Waals surface area contributed by atoms with Gasteiger partial charge in [-0.15, -0.1) is 0 Å². The zero-order valence-corrected chi connectivity index (χ0v) is 11.3. The molecule has 0 saturated heterocycles. The van der Waals surface area contributed by atoms with Crippen LogP contribution in [0.1, 0.15) is 43.7 Å². The van der Waals surface area contributed by atoms with E-state index in [0.717, 1.165) is 22.9 Å². The number of hydrogen-bond acceptors (Lipinski definition) is 2. The molecule has 3 heteroatoms. The first-order chi connectivity index (χ1) is 8.33. The highest BCUT2D eigenvalue weighted by Crippen LogP contribution is 2.39. The molecule has 1 aliphatic rings. The van der Waals surface area contributed by atoms with E-state index in [2.05, 4.69) is 20.9 Å². The molecule has 1 aromatic carbocycles. The molecule has 0 N–H and O–H groups in total. The monoisotopic (exact) mass is 293 g/mol. The highest BCUT2D eigenvalue weighted by Gasteiger charge is 2.25. The molecule has 0 amide bonds. The summed E-state index contributed by atoms with van der Waals surface area (Å²) in [5, 5.41) is 0. The fourth-order valence-electron chi connectivity index (χ4n) is 2.65. The minimum Gasteiger partial charge on any atom is -0.211 e. The van der Waals surface area contributed by atoms with Crippen LogP contribution in [-0.4, -0.2) is 6.08 Å². The van der Waals surface area contributed by atoms with Crippen LogP contribution in [0.25, 0.3) is 0 Å². The number of hydrogen-bond donors (Lipinski definition) is 0. The van der Waals surface area contributed by atoms with Gasteiger partial charge in [0.2, 0.25) is 6.08 Å². The van der Waals surface area contributed by atoms with Gasteiger partial charge in [-0.2, -0.15) is 4.99 Å². The number of benzene rings is 1. The van der Waals surface area contributed by atoms with Crippen LogP contribution in [0.3, 0.4) is 0 Å². The maximum absolute atomic E-state index is 10.6. The summed E-state index contributed by atoms with van der Waals surface area (Å²) in [5.74, 6) is 0.490. The Morgan fingerprint density at radius 2 is 1.94 bits per heavy atom. The van der Waals surface area contributed by atoms with Crippen molar-refractivity contribution in [3.05, 3.63) is 34.3 Å². The summed E-state index contributed by atoms with van der Waals surface area (Å²) < 4.78 is 1.04. The molecule has 1 fully saturated rings. The third kappa shape index (κ3) is 3.05. The molecule has 0 bridgehead atoms. The number of rotatable bonds is 3. The van der Waals surface area contributed by atoms with Crippen LogP contribution in [0.5, 0.6) is 0 Å². The number of isocyanates is 1. The van der Waals surface area contributed by atoms with Gasteiger partial charge in [0.25, 0.3) is 0 Å². The third-order valence-corrected chi connectivity index (χ3v) is 4.23. The van der Waals surface area contributed by atoms with E-state index < -0.39 is 0 Å². The van der Waals surface area contributed by atoms with Crippen LogP contribution >= 0.6 is 15.9 Å². The fourth-order valence-corrected chi connectivity index (χ4v) is 3.17. The van der Waals surface area contributed by atoms with Crippen LogP contribution < -0.4 is 0 Å². The largest absolute Gasteiger partial charge is 0.235 e. The van der Waals surface area contributed by atoms with Crippen molar-refractivity contribution in [3.8, 4) is 0 Å². The van der Waals surface area contributed by atoms with Crippen molar-refractivity contribution in [2.75, 3.05) is 0 Å². The van der Waals surface area contributed by atoms with Gasteiger partial charge in [0, 0.05) is 4.47 Å². The minimum atomic E-state index is -0.0247. The lowest BCUT2D eigenvalue weighted by Crippen LogP contribution is -2.15. The third-order valence-electron chi connectivity index (χ3n) is 3.51. The van der Waals surface area contributed by atoms with Crippen molar-refractivity contribution in [1.29, 1.82) is 0 Å². The van der Waals surface area contributed by atoms with E-state index in [1.54, 1.807) is 6.08 Å². The summed E-state index contributed by atoms with van der Waals surface area (Å²) in [6.07, 6.45) is 7.88. The van der Waals surface area contributed by atoms with Crippen molar-refractivity contribution in [1.82, 2.24) is 0 Å². The highest BCUT2D eigenvalue weighted by molar-refractivity contribution is 9.10. The lowest BCUT2D eigenvalue weighted by molar-refractivity contribution is 0.308. The standard InChI is InChI=1S/C14H16BrNO/c15-13-9-5-4-8-12(13)14(16-10-17)11-6-2-1-3-7-11/h4-5,8-9,11,14H,1-3,6-7H2. The SMILES string of the molecule is O=C=NC(c1ccccc1Br)C1CCCCC1. The molecule has 17 heavy (non-hydrogen) atoms. The lowest BCUT2D eigenvalue weighted by atomic mass is 9.81. The molecule has 2 nitrogen and oxygen atoms in total. The van der Waals surface area contributed by atoms with E-state index >= 15 is 0 Å². The van der Waals surface area contributed by atoms with Gasteiger partial charge in [-0.25, -0.2) is 4.79 Å². The van der Waals surface area contributed by atoms with Crippen LogP contribution in [0.2, 0.25) is 0 Å². The van der Waals surface area contributed by atoms with E-state index in [4.69, 9.17) is 0 Å². The van der Waals surface area contributed by atoms with Crippen molar-refractivity contribution in [3.63, 3.8) is 0 Å². The first-order valence-corrected chi connectivity index (χ1v) is 6.93. The molecule has 0 spiro atoms. The average molecular weight is 294 g/mol. The van der Waals surface area contributed by atoms with Crippen molar-refractivity contribution in [2.24, 2.45) is 10.9 Å². The molecule has 1 atom stereocenters. The Kier molecular flexibility index (Phi) is 4.52. The van der Waals surface area contributed by atoms with Crippen molar-refractivity contribution < 1.29 is 4.79 Å². The maximum Gasteiger partial charge on any atom is 0.235 e. The summed E-state index contributed by atoms with van der Waals surface area (Å²) in [6.45, 7) is 0. The predicted molar refractivity (Wildman–Crippen MR) is 71.6 cm³/mol. The van der Waals surface area contributed by atoms with Crippen molar-refractivity contribution in [2.45, 2.75) is 38.1 Å². The van der Waals surface area contributed by atoms with Crippen LogP contribution in [0.4, 0.5) is 0 Å². The Balaban J connectivity index is 2.28. The van der Waals surface area contributed by atoms with Gasteiger partial charge in [0.15, 0.2) is 0 Å². The Labute approximate surface area is 110 Å². The Morgan fingerprint density at radius 1 is 1.24 bits per heavy atom. The molecule has 0 aromatic heterocycles. The first kappa shape index (κ1) is 12.5. The second-order valence-electron chi connectivity index (χ2n) is 4.58. The first-order valence-electron chi connectivity index (χ1n) is 6.14. The minimum absolute atomic E-state index is 0.0247. The number of halogens is 1. The molecule has 0 aliphatic heterocycles. The summed E-state index contributed by atoms with van der Waals surface area (Å²) in [6, 6.07) is 8.01. The van der Waals surface area contributed by atoms with E-state index in [0.29, 0.717) is 5.92 Å². The van der Waals surface area contributed by atoms with E-state index in [-0.39, 0.29) is 6.04 Å². The molecule has 90 valence electrons. The van der Waals surface area contributed by atoms with E-state index in [1.807, 2.05) is 24.3 Å². The maximum atomic E-state index is 10.6. The summed E-state index contributed by atoms with van der Waals surface area (Å²) >= 11 is 3.54. The van der Waals surface area contributed by atoms with Crippen LogP contribution in [-0.2, 0) is 4.79 Å². The molecule has 1 unspecified atom stereocenters. The predicted octanol–water partition coefficient (Wildman–Crippen LogP) is 4.41. The van der Waals surface area contributed by atoms with Gasteiger partial charge in [-0.05, 0) is 30.4 Å². The summed E-state index contributed by atoms with van der Waals surface area (Å²) in [5.41, 5.74) is 1.11. The molecule has 1 saturated carbocycles. The molecule has 0 radical (unpaired) electrons. The second kappa shape index (κ2) is 6.13. The fraction of sp³-hybridized carbons (Fsp3) is 0.500. The lowest BCUT2D eigenvalue weighted by Gasteiger charge is -2.27. The molecule has 1 aromatic rings.